The molecule has 0 fully saturated rings. The van der Waals surface area contributed by atoms with Crippen molar-refractivity contribution in [2.75, 3.05) is 6.61 Å². The summed E-state index contributed by atoms with van der Waals surface area (Å²) in [4.78, 5) is 1.02. The summed E-state index contributed by atoms with van der Waals surface area (Å²) in [6, 6.07) is 5.17. The van der Waals surface area contributed by atoms with Crippen LogP contribution in [0, 0.1) is 5.82 Å². The number of nitrogens with two attached hydrogens (primary N) is 1. The molecule has 1 aromatic heterocycles. The van der Waals surface area contributed by atoms with Gasteiger partial charge < -0.3 is 10.5 Å². The molecule has 0 aliphatic rings. The van der Waals surface area contributed by atoms with Gasteiger partial charge in [-0.1, -0.05) is 25.8 Å². The Morgan fingerprint density at radius 3 is 2.89 bits per heavy atom. The third-order valence-electron chi connectivity index (χ3n) is 3.17. The van der Waals surface area contributed by atoms with E-state index in [9.17, 15) is 4.39 Å². The minimum atomic E-state index is -0.180. The van der Waals surface area contributed by atoms with E-state index < -0.39 is 0 Å². The second-order valence-electron chi connectivity index (χ2n) is 4.58. The van der Waals surface area contributed by atoms with E-state index in [0.717, 1.165) is 28.2 Å². The first kappa shape index (κ1) is 14.4. The quantitative estimate of drug-likeness (QED) is 0.772. The van der Waals surface area contributed by atoms with Gasteiger partial charge in [-0.05, 0) is 18.6 Å². The van der Waals surface area contributed by atoms with Crippen molar-refractivity contribution in [3.63, 3.8) is 0 Å². The number of hydrogen-bond acceptors (Lipinski definition) is 3. The van der Waals surface area contributed by atoms with Gasteiger partial charge in [0.25, 0.3) is 0 Å². The third kappa shape index (κ3) is 3.32. The third-order valence-corrected chi connectivity index (χ3v) is 4.39. The molecule has 0 amide bonds. The van der Waals surface area contributed by atoms with Crippen LogP contribution in [0.3, 0.4) is 0 Å². The maximum absolute atomic E-state index is 13.9. The van der Waals surface area contributed by atoms with Crippen molar-refractivity contribution in [3.8, 4) is 0 Å². The fraction of sp³-hybridized carbons (Fsp3) is 0.467. The van der Waals surface area contributed by atoms with Crippen molar-refractivity contribution in [2.45, 2.75) is 39.3 Å². The number of unbranched alkanes of at least 4 members (excludes halogenated alkanes) is 2. The molecule has 0 saturated carbocycles. The summed E-state index contributed by atoms with van der Waals surface area (Å²) in [5, 5.41) is 0.684. The van der Waals surface area contributed by atoms with Crippen molar-refractivity contribution in [2.24, 2.45) is 5.73 Å². The minimum Gasteiger partial charge on any atom is -0.377 e. The lowest BCUT2D eigenvalue weighted by Crippen LogP contribution is -2.01. The number of fused-ring (bicyclic) bond motifs is 1. The Morgan fingerprint density at radius 1 is 1.32 bits per heavy atom. The maximum atomic E-state index is 13.9. The van der Waals surface area contributed by atoms with Crippen LogP contribution in [0.4, 0.5) is 4.39 Å². The molecule has 104 valence electrons. The van der Waals surface area contributed by atoms with Crippen LogP contribution in [0.1, 0.15) is 36.6 Å². The van der Waals surface area contributed by atoms with E-state index in [2.05, 4.69) is 6.92 Å². The molecule has 0 saturated heterocycles. The van der Waals surface area contributed by atoms with Crippen molar-refractivity contribution in [3.05, 3.63) is 34.5 Å². The fourth-order valence-corrected chi connectivity index (χ4v) is 3.26. The van der Waals surface area contributed by atoms with Crippen molar-refractivity contribution >= 4 is 21.4 Å². The average molecular weight is 281 g/mol. The van der Waals surface area contributed by atoms with Crippen LogP contribution in [0.25, 0.3) is 10.1 Å². The van der Waals surface area contributed by atoms with Crippen LogP contribution in [-0.4, -0.2) is 6.61 Å². The summed E-state index contributed by atoms with van der Waals surface area (Å²) < 4.78 is 20.6. The Balaban J connectivity index is 2.15. The van der Waals surface area contributed by atoms with E-state index in [-0.39, 0.29) is 5.82 Å². The number of ether oxygens (including phenoxy) is 1. The topological polar surface area (TPSA) is 35.2 Å². The number of halogens is 1. The molecule has 2 N–H and O–H groups in total. The number of thiophene rings is 1. The molecule has 2 aromatic rings. The standard InChI is InChI=1S/C15H20FNOS/c1-2-3-4-8-18-10-11-14(9-17)19-13-7-5-6-12(16)15(11)13/h5-7H,2-4,8-10,17H2,1H3. The second kappa shape index (κ2) is 6.98. The zero-order valence-electron chi connectivity index (χ0n) is 11.2. The molecule has 1 aromatic carbocycles. The molecule has 0 atom stereocenters. The number of hydrogen-bond donors (Lipinski definition) is 1. The molecule has 1 heterocycles. The van der Waals surface area contributed by atoms with Gasteiger partial charge in [-0.3, -0.25) is 0 Å². The normalized spacial score (nSPS) is 11.3. The van der Waals surface area contributed by atoms with Gasteiger partial charge in [-0.15, -0.1) is 11.3 Å². The lowest BCUT2D eigenvalue weighted by atomic mass is 10.1. The first-order valence-corrected chi connectivity index (χ1v) is 7.56. The zero-order chi connectivity index (χ0) is 13.7. The Labute approximate surface area is 117 Å². The molecule has 0 unspecified atom stereocenters. The van der Waals surface area contributed by atoms with Gasteiger partial charge in [0.1, 0.15) is 5.82 Å². The maximum Gasteiger partial charge on any atom is 0.132 e. The molecule has 0 bridgehead atoms. The molecule has 2 nitrogen and oxygen atoms in total. The summed E-state index contributed by atoms with van der Waals surface area (Å²) in [6.07, 6.45) is 3.40. The highest BCUT2D eigenvalue weighted by atomic mass is 32.1. The van der Waals surface area contributed by atoms with Gasteiger partial charge in [0.2, 0.25) is 0 Å². The van der Waals surface area contributed by atoms with Crippen molar-refractivity contribution in [1.29, 1.82) is 0 Å². The smallest absolute Gasteiger partial charge is 0.132 e. The van der Waals surface area contributed by atoms with E-state index in [1.54, 1.807) is 17.4 Å². The minimum absolute atomic E-state index is 0.180. The summed E-state index contributed by atoms with van der Waals surface area (Å²) in [5.74, 6) is -0.180. The summed E-state index contributed by atoms with van der Waals surface area (Å²) in [5.41, 5.74) is 6.68. The van der Waals surface area contributed by atoms with Gasteiger partial charge in [0.15, 0.2) is 0 Å². The first-order valence-electron chi connectivity index (χ1n) is 6.74. The number of benzene rings is 1. The molecule has 2 rings (SSSR count). The Kier molecular flexibility index (Phi) is 5.31. The second-order valence-corrected chi connectivity index (χ2v) is 5.72. The molecule has 0 aliphatic carbocycles. The van der Waals surface area contributed by atoms with Crippen LogP contribution in [0.5, 0.6) is 0 Å². The molecular weight excluding hydrogens is 261 g/mol. The lowest BCUT2D eigenvalue weighted by Gasteiger charge is -2.06. The van der Waals surface area contributed by atoms with Gasteiger partial charge in [0, 0.05) is 33.7 Å². The zero-order valence-corrected chi connectivity index (χ0v) is 12.1. The molecule has 0 radical (unpaired) electrons. The highest BCUT2D eigenvalue weighted by molar-refractivity contribution is 7.19. The summed E-state index contributed by atoms with van der Waals surface area (Å²) in [7, 11) is 0. The van der Waals surface area contributed by atoms with E-state index in [1.165, 1.54) is 18.9 Å². The van der Waals surface area contributed by atoms with E-state index in [4.69, 9.17) is 10.5 Å². The van der Waals surface area contributed by atoms with E-state index in [1.807, 2.05) is 6.07 Å². The Bertz CT molecular complexity index is 538. The van der Waals surface area contributed by atoms with E-state index in [0.29, 0.717) is 18.5 Å². The van der Waals surface area contributed by atoms with Crippen LogP contribution < -0.4 is 5.73 Å². The fourth-order valence-electron chi connectivity index (χ4n) is 2.16. The lowest BCUT2D eigenvalue weighted by molar-refractivity contribution is 0.117. The molecule has 0 spiro atoms. The molecular formula is C15H20FNOS. The van der Waals surface area contributed by atoms with E-state index >= 15 is 0 Å². The van der Waals surface area contributed by atoms with Crippen molar-refractivity contribution in [1.82, 2.24) is 0 Å². The SMILES string of the molecule is CCCCCOCc1c(CN)sc2cccc(F)c12. The highest BCUT2D eigenvalue weighted by Gasteiger charge is 2.14. The van der Waals surface area contributed by atoms with Gasteiger partial charge in [0.05, 0.1) is 6.61 Å². The Morgan fingerprint density at radius 2 is 2.16 bits per heavy atom. The van der Waals surface area contributed by atoms with Gasteiger partial charge in [-0.2, -0.15) is 0 Å². The van der Waals surface area contributed by atoms with Crippen molar-refractivity contribution < 1.29 is 9.13 Å². The largest absolute Gasteiger partial charge is 0.377 e. The predicted molar refractivity (Wildman–Crippen MR) is 78.9 cm³/mol. The Hall–Kier alpha value is -0.970. The monoisotopic (exact) mass is 281 g/mol. The molecule has 19 heavy (non-hydrogen) atoms. The van der Waals surface area contributed by atoms with Crippen LogP contribution >= 0.6 is 11.3 Å². The van der Waals surface area contributed by atoms with Gasteiger partial charge in [-0.25, -0.2) is 4.39 Å². The number of rotatable bonds is 7. The van der Waals surface area contributed by atoms with Gasteiger partial charge >= 0.3 is 0 Å². The molecule has 0 aliphatic heterocycles. The van der Waals surface area contributed by atoms with Crippen LogP contribution in [0.15, 0.2) is 18.2 Å². The molecule has 4 heteroatoms. The highest BCUT2D eigenvalue weighted by Crippen LogP contribution is 2.33. The predicted octanol–water partition coefficient (Wildman–Crippen LogP) is 4.21. The summed E-state index contributed by atoms with van der Waals surface area (Å²) in [6.45, 7) is 3.78. The van der Waals surface area contributed by atoms with Crippen LogP contribution in [0.2, 0.25) is 0 Å². The first-order chi connectivity index (χ1) is 9.27. The summed E-state index contributed by atoms with van der Waals surface area (Å²) >= 11 is 1.56. The average Bonchev–Trinajstić information content (AvgIpc) is 2.78. The van der Waals surface area contributed by atoms with Crippen LogP contribution in [-0.2, 0) is 17.9 Å².